The van der Waals surface area contributed by atoms with E-state index in [0.717, 1.165) is 4.90 Å². The number of benzene rings is 1. The Hall–Kier alpha value is -2.88. The zero-order chi connectivity index (χ0) is 15.1. The van der Waals surface area contributed by atoms with Crippen LogP contribution in [0.15, 0.2) is 24.3 Å². The minimum absolute atomic E-state index is 0.0625. The summed E-state index contributed by atoms with van der Waals surface area (Å²) < 4.78 is 0. The van der Waals surface area contributed by atoms with Crippen molar-refractivity contribution in [3.8, 4) is 12.3 Å². The summed E-state index contributed by atoms with van der Waals surface area (Å²) in [7, 11) is 0. The Morgan fingerprint density at radius 3 is 2.40 bits per heavy atom. The molecule has 0 saturated carbocycles. The van der Waals surface area contributed by atoms with E-state index in [0.29, 0.717) is 5.56 Å². The predicted molar refractivity (Wildman–Crippen MR) is 69.8 cm³/mol. The Morgan fingerprint density at radius 2 is 1.95 bits per heavy atom. The SMILES string of the molecule is C#CCN(CC(=O)O)C(=O)Cc1ccc([N+](=O)[O-])cc1. The summed E-state index contributed by atoms with van der Waals surface area (Å²) in [5, 5.41) is 19.2. The molecular formula is C13H12N2O5. The molecule has 1 N–H and O–H groups in total. The van der Waals surface area contributed by atoms with E-state index in [-0.39, 0.29) is 18.7 Å². The van der Waals surface area contributed by atoms with Gasteiger partial charge in [-0.1, -0.05) is 18.1 Å². The maximum atomic E-state index is 11.9. The van der Waals surface area contributed by atoms with E-state index in [9.17, 15) is 19.7 Å². The molecule has 7 nitrogen and oxygen atoms in total. The lowest BCUT2D eigenvalue weighted by Crippen LogP contribution is -2.36. The van der Waals surface area contributed by atoms with Gasteiger partial charge in [0.15, 0.2) is 0 Å². The number of carbonyl (C=O) groups excluding carboxylic acids is 1. The number of carbonyl (C=O) groups is 2. The van der Waals surface area contributed by atoms with Crippen molar-refractivity contribution in [2.75, 3.05) is 13.1 Å². The maximum Gasteiger partial charge on any atom is 0.323 e. The van der Waals surface area contributed by atoms with Gasteiger partial charge >= 0.3 is 5.97 Å². The van der Waals surface area contributed by atoms with Gasteiger partial charge in [-0.25, -0.2) is 0 Å². The number of nitro benzene ring substituents is 1. The van der Waals surface area contributed by atoms with Crippen molar-refractivity contribution >= 4 is 17.6 Å². The highest BCUT2D eigenvalue weighted by Gasteiger charge is 2.16. The van der Waals surface area contributed by atoms with E-state index < -0.39 is 23.3 Å². The Kier molecular flexibility index (Phi) is 5.23. The molecule has 0 aliphatic rings. The molecule has 20 heavy (non-hydrogen) atoms. The number of non-ortho nitro benzene ring substituents is 1. The van der Waals surface area contributed by atoms with Gasteiger partial charge in [-0.15, -0.1) is 6.42 Å². The largest absolute Gasteiger partial charge is 0.480 e. The Balaban J connectivity index is 2.74. The fourth-order valence-corrected chi connectivity index (χ4v) is 1.53. The lowest BCUT2D eigenvalue weighted by Gasteiger charge is -2.17. The second-order valence-corrected chi connectivity index (χ2v) is 3.95. The summed E-state index contributed by atoms with van der Waals surface area (Å²) in [6.45, 7) is -0.575. The monoisotopic (exact) mass is 276 g/mol. The topological polar surface area (TPSA) is 101 Å². The van der Waals surface area contributed by atoms with Gasteiger partial charge in [0.25, 0.3) is 5.69 Å². The second-order valence-electron chi connectivity index (χ2n) is 3.95. The molecule has 0 heterocycles. The van der Waals surface area contributed by atoms with Crippen LogP contribution in [0.4, 0.5) is 5.69 Å². The van der Waals surface area contributed by atoms with Crippen molar-refractivity contribution in [1.29, 1.82) is 0 Å². The van der Waals surface area contributed by atoms with E-state index >= 15 is 0 Å². The van der Waals surface area contributed by atoms with Crippen molar-refractivity contribution in [3.63, 3.8) is 0 Å². The fourth-order valence-electron chi connectivity index (χ4n) is 1.53. The third kappa shape index (κ3) is 4.42. The standard InChI is InChI=1S/C13H12N2O5/c1-2-7-14(9-13(17)18)12(16)8-10-3-5-11(6-4-10)15(19)20/h1,3-6H,7-9H2,(H,17,18). The average molecular weight is 276 g/mol. The Morgan fingerprint density at radius 1 is 1.35 bits per heavy atom. The number of nitrogens with zero attached hydrogens (tertiary/aromatic N) is 2. The molecule has 0 saturated heterocycles. The Bertz CT molecular complexity index is 559. The van der Waals surface area contributed by atoms with Gasteiger partial charge < -0.3 is 10.0 Å². The first-order valence-corrected chi connectivity index (χ1v) is 5.60. The molecule has 1 aromatic rings. The quantitative estimate of drug-likeness (QED) is 0.468. The lowest BCUT2D eigenvalue weighted by atomic mass is 10.1. The smallest absolute Gasteiger partial charge is 0.323 e. The van der Waals surface area contributed by atoms with Crippen LogP contribution in [-0.2, 0) is 16.0 Å². The number of hydrogen-bond donors (Lipinski definition) is 1. The minimum Gasteiger partial charge on any atom is -0.480 e. The highest BCUT2D eigenvalue weighted by atomic mass is 16.6. The molecule has 0 spiro atoms. The molecule has 0 aliphatic carbocycles. The van der Waals surface area contributed by atoms with E-state index in [1.165, 1.54) is 24.3 Å². The van der Waals surface area contributed by atoms with Crippen LogP contribution in [0.25, 0.3) is 0 Å². The van der Waals surface area contributed by atoms with Gasteiger partial charge in [0.05, 0.1) is 17.9 Å². The summed E-state index contributed by atoms with van der Waals surface area (Å²) in [4.78, 5) is 33.5. The average Bonchev–Trinajstić information content (AvgIpc) is 2.38. The van der Waals surface area contributed by atoms with Gasteiger partial charge in [-0.2, -0.15) is 0 Å². The van der Waals surface area contributed by atoms with Gasteiger partial charge in [0.2, 0.25) is 5.91 Å². The van der Waals surface area contributed by atoms with Crippen molar-refractivity contribution < 1.29 is 19.6 Å². The molecule has 104 valence electrons. The molecule has 0 unspecified atom stereocenters. The molecule has 0 radical (unpaired) electrons. The number of terminal acetylenes is 1. The first-order chi connectivity index (χ1) is 9.43. The van der Waals surface area contributed by atoms with Crippen LogP contribution in [0, 0.1) is 22.5 Å². The van der Waals surface area contributed by atoms with Gasteiger partial charge in [-0.3, -0.25) is 19.7 Å². The number of rotatable bonds is 6. The van der Waals surface area contributed by atoms with E-state index in [2.05, 4.69) is 5.92 Å². The molecule has 0 atom stereocenters. The summed E-state index contributed by atoms with van der Waals surface area (Å²) in [5.74, 6) is 0.616. The molecule has 0 fully saturated rings. The number of carboxylic acid groups (broad SMARTS) is 1. The molecule has 0 aromatic heterocycles. The highest BCUT2D eigenvalue weighted by molar-refractivity contribution is 5.83. The summed E-state index contributed by atoms with van der Waals surface area (Å²) in [5.41, 5.74) is 0.472. The van der Waals surface area contributed by atoms with Crippen LogP contribution >= 0.6 is 0 Å². The van der Waals surface area contributed by atoms with E-state index in [4.69, 9.17) is 11.5 Å². The number of nitro groups is 1. The molecule has 1 rings (SSSR count). The Labute approximate surface area is 115 Å². The van der Waals surface area contributed by atoms with Crippen LogP contribution in [0.2, 0.25) is 0 Å². The van der Waals surface area contributed by atoms with Crippen LogP contribution in [-0.4, -0.2) is 39.9 Å². The number of amides is 1. The van der Waals surface area contributed by atoms with Crippen LogP contribution in [0.3, 0.4) is 0 Å². The van der Waals surface area contributed by atoms with Gasteiger partial charge in [-0.05, 0) is 5.56 Å². The van der Waals surface area contributed by atoms with Crippen molar-refractivity contribution in [1.82, 2.24) is 4.90 Å². The normalized spacial score (nSPS) is 9.55. The van der Waals surface area contributed by atoms with Crippen molar-refractivity contribution in [2.45, 2.75) is 6.42 Å². The zero-order valence-corrected chi connectivity index (χ0v) is 10.5. The second kappa shape index (κ2) is 6.89. The number of carboxylic acids is 1. The molecular weight excluding hydrogens is 264 g/mol. The number of hydrogen-bond acceptors (Lipinski definition) is 4. The van der Waals surface area contributed by atoms with Crippen molar-refractivity contribution in [3.05, 3.63) is 39.9 Å². The zero-order valence-electron chi connectivity index (χ0n) is 10.5. The summed E-state index contributed by atoms with van der Waals surface area (Å²) in [6.07, 6.45) is 5.02. The molecule has 0 aliphatic heterocycles. The number of aliphatic carboxylic acids is 1. The van der Waals surface area contributed by atoms with Crippen LogP contribution < -0.4 is 0 Å². The predicted octanol–water partition coefficient (Wildman–Crippen LogP) is 0.684. The summed E-state index contributed by atoms with van der Waals surface area (Å²) >= 11 is 0. The highest BCUT2D eigenvalue weighted by Crippen LogP contribution is 2.12. The fraction of sp³-hybridized carbons (Fsp3) is 0.231. The third-order valence-corrected chi connectivity index (χ3v) is 2.46. The molecule has 7 heteroatoms. The maximum absolute atomic E-state index is 11.9. The van der Waals surface area contributed by atoms with Gasteiger partial charge in [0, 0.05) is 12.1 Å². The van der Waals surface area contributed by atoms with E-state index in [1.54, 1.807) is 0 Å². The van der Waals surface area contributed by atoms with Crippen LogP contribution in [0.1, 0.15) is 5.56 Å². The van der Waals surface area contributed by atoms with Crippen molar-refractivity contribution in [2.24, 2.45) is 0 Å². The first-order valence-electron chi connectivity index (χ1n) is 5.60. The first kappa shape index (κ1) is 15.2. The molecule has 1 aromatic carbocycles. The minimum atomic E-state index is -1.16. The van der Waals surface area contributed by atoms with Gasteiger partial charge in [0.1, 0.15) is 6.54 Å². The molecule has 0 bridgehead atoms. The van der Waals surface area contributed by atoms with E-state index in [1.807, 2.05) is 0 Å². The third-order valence-electron chi connectivity index (χ3n) is 2.46. The van der Waals surface area contributed by atoms with Crippen LogP contribution in [0.5, 0.6) is 0 Å². The summed E-state index contributed by atoms with van der Waals surface area (Å²) in [6, 6.07) is 5.46. The lowest BCUT2D eigenvalue weighted by molar-refractivity contribution is -0.384. The molecule has 1 amide bonds.